The SMILES string of the molecule is CCC(=O)N1CCc2cc(Br)cc(S(=O)(=O)CCC(=O)N3CCCC[C@H]3CC)c21. The molecule has 1 fully saturated rings. The van der Waals surface area contributed by atoms with E-state index < -0.39 is 9.84 Å². The van der Waals surface area contributed by atoms with E-state index in [1.807, 2.05) is 11.0 Å². The molecular formula is C21H29BrN2O4S. The van der Waals surface area contributed by atoms with Gasteiger partial charge in [-0.3, -0.25) is 9.59 Å². The van der Waals surface area contributed by atoms with Crippen molar-refractivity contribution >= 4 is 43.3 Å². The Morgan fingerprint density at radius 3 is 2.59 bits per heavy atom. The maximum absolute atomic E-state index is 13.2. The van der Waals surface area contributed by atoms with Crippen molar-refractivity contribution in [2.24, 2.45) is 0 Å². The lowest BCUT2D eigenvalue weighted by Gasteiger charge is -2.35. The molecule has 0 bridgehead atoms. The maximum Gasteiger partial charge on any atom is 0.226 e. The van der Waals surface area contributed by atoms with E-state index in [9.17, 15) is 18.0 Å². The molecule has 2 aliphatic rings. The standard InChI is InChI=1S/C21H29BrN2O4S/c1-3-17-7-5-6-10-23(17)20(26)9-12-29(27,28)18-14-16(22)13-15-8-11-24(21(15)18)19(25)4-2/h13-14,17H,3-12H2,1-2H3/t17-/m1/s1. The number of likely N-dealkylation sites (tertiary alicyclic amines) is 1. The zero-order valence-corrected chi connectivity index (χ0v) is 19.5. The number of rotatable bonds is 6. The van der Waals surface area contributed by atoms with Crippen molar-refractivity contribution in [2.75, 3.05) is 23.7 Å². The normalized spacial score (nSPS) is 19.3. The van der Waals surface area contributed by atoms with E-state index in [0.717, 1.165) is 31.2 Å². The van der Waals surface area contributed by atoms with Gasteiger partial charge in [-0.05, 0) is 49.8 Å². The van der Waals surface area contributed by atoms with Crippen LogP contribution in [0.15, 0.2) is 21.5 Å². The van der Waals surface area contributed by atoms with Crippen LogP contribution in [-0.2, 0) is 25.8 Å². The molecule has 1 saturated heterocycles. The lowest BCUT2D eigenvalue weighted by atomic mass is 10.00. The largest absolute Gasteiger partial charge is 0.340 e. The van der Waals surface area contributed by atoms with Crippen LogP contribution in [0.5, 0.6) is 0 Å². The van der Waals surface area contributed by atoms with E-state index in [-0.39, 0.29) is 34.9 Å². The average molecular weight is 485 g/mol. The van der Waals surface area contributed by atoms with Crippen LogP contribution < -0.4 is 4.90 Å². The highest BCUT2D eigenvalue weighted by molar-refractivity contribution is 9.10. The number of piperidine rings is 1. The first-order chi connectivity index (χ1) is 13.8. The fourth-order valence-corrected chi connectivity index (χ4v) is 6.54. The molecule has 0 aliphatic carbocycles. The van der Waals surface area contributed by atoms with Crippen molar-refractivity contribution in [3.05, 3.63) is 22.2 Å². The quantitative estimate of drug-likeness (QED) is 0.616. The number of hydrogen-bond donors (Lipinski definition) is 0. The van der Waals surface area contributed by atoms with Crippen molar-refractivity contribution in [3.8, 4) is 0 Å². The fourth-order valence-electron chi connectivity index (χ4n) is 4.38. The summed E-state index contributed by atoms with van der Waals surface area (Å²) < 4.78 is 27.1. The van der Waals surface area contributed by atoms with E-state index >= 15 is 0 Å². The second kappa shape index (κ2) is 9.16. The van der Waals surface area contributed by atoms with Gasteiger partial charge in [-0.15, -0.1) is 0 Å². The summed E-state index contributed by atoms with van der Waals surface area (Å²) in [5.74, 6) is -0.415. The summed E-state index contributed by atoms with van der Waals surface area (Å²) in [4.78, 5) is 28.7. The predicted molar refractivity (Wildman–Crippen MR) is 117 cm³/mol. The summed E-state index contributed by atoms with van der Waals surface area (Å²) in [5.41, 5.74) is 1.35. The van der Waals surface area contributed by atoms with Crippen molar-refractivity contribution in [3.63, 3.8) is 0 Å². The second-order valence-electron chi connectivity index (χ2n) is 7.77. The molecule has 0 saturated carbocycles. The van der Waals surface area contributed by atoms with Crippen molar-refractivity contribution in [2.45, 2.75) is 69.7 Å². The number of anilines is 1. The Morgan fingerprint density at radius 2 is 1.90 bits per heavy atom. The minimum atomic E-state index is -3.71. The number of nitrogens with zero attached hydrogens (tertiary/aromatic N) is 2. The summed E-state index contributed by atoms with van der Waals surface area (Å²) >= 11 is 3.40. The van der Waals surface area contributed by atoms with Crippen LogP contribution in [0.1, 0.15) is 57.9 Å². The van der Waals surface area contributed by atoms with Crippen molar-refractivity contribution in [1.29, 1.82) is 0 Å². The third kappa shape index (κ3) is 4.68. The number of sulfone groups is 1. The molecule has 2 heterocycles. The fraction of sp³-hybridized carbons (Fsp3) is 0.619. The molecule has 0 spiro atoms. The third-order valence-corrected chi connectivity index (χ3v) is 8.12. The first kappa shape index (κ1) is 22.3. The lowest BCUT2D eigenvalue weighted by molar-refractivity contribution is -0.134. The van der Waals surface area contributed by atoms with E-state index in [1.54, 1.807) is 17.9 Å². The number of hydrogen-bond acceptors (Lipinski definition) is 4. The molecular weight excluding hydrogens is 456 g/mol. The van der Waals surface area contributed by atoms with Gasteiger partial charge in [0.15, 0.2) is 9.84 Å². The molecule has 2 aliphatic heterocycles. The van der Waals surface area contributed by atoms with E-state index in [4.69, 9.17) is 0 Å². The molecule has 0 radical (unpaired) electrons. The minimum absolute atomic E-state index is 0.0259. The number of halogens is 1. The zero-order chi connectivity index (χ0) is 21.2. The Morgan fingerprint density at radius 1 is 1.14 bits per heavy atom. The van der Waals surface area contributed by atoms with Crippen LogP contribution in [-0.4, -0.2) is 50.0 Å². The first-order valence-corrected chi connectivity index (χ1v) is 12.9. The Kier molecular flexibility index (Phi) is 7.04. The molecule has 1 aromatic rings. The van der Waals surface area contributed by atoms with Gasteiger partial charge in [0.1, 0.15) is 0 Å². The summed E-state index contributed by atoms with van der Waals surface area (Å²) in [6, 6.07) is 3.66. The molecule has 8 heteroatoms. The highest BCUT2D eigenvalue weighted by atomic mass is 79.9. The van der Waals surface area contributed by atoms with Crippen LogP contribution in [0.4, 0.5) is 5.69 Å². The Labute approximate surface area is 181 Å². The van der Waals surface area contributed by atoms with Crippen LogP contribution in [0.3, 0.4) is 0 Å². The second-order valence-corrected chi connectivity index (χ2v) is 10.8. The smallest absolute Gasteiger partial charge is 0.226 e. The number of carbonyl (C=O) groups is 2. The molecule has 0 unspecified atom stereocenters. The molecule has 2 amide bonds. The van der Waals surface area contributed by atoms with E-state index in [0.29, 0.717) is 36.1 Å². The minimum Gasteiger partial charge on any atom is -0.340 e. The van der Waals surface area contributed by atoms with Gasteiger partial charge in [-0.2, -0.15) is 0 Å². The molecule has 1 atom stereocenters. The summed E-state index contributed by atoms with van der Waals surface area (Å²) in [6.07, 6.45) is 4.90. The molecule has 3 rings (SSSR count). The van der Waals surface area contributed by atoms with Gasteiger partial charge in [-0.1, -0.05) is 29.8 Å². The summed E-state index contributed by atoms with van der Waals surface area (Å²) in [7, 11) is -3.71. The molecule has 160 valence electrons. The monoisotopic (exact) mass is 484 g/mol. The predicted octanol–water partition coefficient (Wildman–Crippen LogP) is 3.70. The van der Waals surface area contributed by atoms with Crippen LogP contribution in [0, 0.1) is 0 Å². The molecule has 6 nitrogen and oxygen atoms in total. The number of amides is 2. The highest BCUT2D eigenvalue weighted by Gasteiger charge is 2.33. The summed E-state index contributed by atoms with van der Waals surface area (Å²) in [5, 5.41) is 0. The highest BCUT2D eigenvalue weighted by Crippen LogP contribution is 2.38. The topological polar surface area (TPSA) is 74.8 Å². The molecule has 1 aromatic carbocycles. The van der Waals surface area contributed by atoms with Gasteiger partial charge in [0.05, 0.1) is 16.3 Å². The Bertz CT molecular complexity index is 900. The maximum atomic E-state index is 13.2. The number of carbonyl (C=O) groups excluding carboxylic acids is 2. The van der Waals surface area contributed by atoms with E-state index in [1.165, 1.54) is 0 Å². The first-order valence-electron chi connectivity index (χ1n) is 10.4. The average Bonchev–Trinajstić information content (AvgIpc) is 3.14. The van der Waals surface area contributed by atoms with Gasteiger partial charge in [0, 0.05) is 36.4 Å². The Hall–Kier alpha value is -1.41. The molecule has 29 heavy (non-hydrogen) atoms. The number of fused-ring (bicyclic) bond motifs is 1. The number of benzene rings is 1. The van der Waals surface area contributed by atoms with Gasteiger partial charge >= 0.3 is 0 Å². The molecule has 0 N–H and O–H groups in total. The summed E-state index contributed by atoms with van der Waals surface area (Å²) in [6.45, 7) is 5.04. The van der Waals surface area contributed by atoms with Gasteiger partial charge in [-0.25, -0.2) is 8.42 Å². The van der Waals surface area contributed by atoms with Crippen LogP contribution in [0.2, 0.25) is 0 Å². The Balaban J connectivity index is 1.83. The third-order valence-electron chi connectivity index (χ3n) is 5.94. The van der Waals surface area contributed by atoms with Gasteiger partial charge < -0.3 is 9.80 Å². The van der Waals surface area contributed by atoms with Crippen LogP contribution in [0.25, 0.3) is 0 Å². The zero-order valence-electron chi connectivity index (χ0n) is 17.1. The van der Waals surface area contributed by atoms with E-state index in [2.05, 4.69) is 22.9 Å². The van der Waals surface area contributed by atoms with Crippen LogP contribution >= 0.6 is 15.9 Å². The van der Waals surface area contributed by atoms with Gasteiger partial charge in [0.2, 0.25) is 11.8 Å². The lowest BCUT2D eigenvalue weighted by Crippen LogP contribution is -2.43. The van der Waals surface area contributed by atoms with Crippen molar-refractivity contribution in [1.82, 2.24) is 4.90 Å². The van der Waals surface area contributed by atoms with Gasteiger partial charge in [0.25, 0.3) is 0 Å². The van der Waals surface area contributed by atoms with Crippen molar-refractivity contribution < 1.29 is 18.0 Å². The molecule has 0 aromatic heterocycles.